The number of rotatable bonds is 6. The number of ether oxygens (including phenoxy) is 1. The first kappa shape index (κ1) is 26.0. The summed E-state index contributed by atoms with van der Waals surface area (Å²) >= 11 is 3.36. The lowest BCUT2D eigenvalue weighted by Gasteiger charge is -2.11. The van der Waals surface area contributed by atoms with Crippen LogP contribution >= 0.6 is 15.9 Å². The van der Waals surface area contributed by atoms with Crippen molar-refractivity contribution in [2.75, 3.05) is 5.32 Å². The van der Waals surface area contributed by atoms with Crippen LogP contribution in [0.4, 0.5) is 14.5 Å². The highest BCUT2D eigenvalue weighted by atomic mass is 79.9. The third kappa shape index (κ3) is 5.78. The number of amides is 1. The second-order valence-electron chi connectivity index (χ2n) is 8.56. The molecule has 0 aliphatic carbocycles. The van der Waals surface area contributed by atoms with E-state index in [-0.39, 0.29) is 11.8 Å². The van der Waals surface area contributed by atoms with Crippen molar-refractivity contribution < 1.29 is 23.1 Å². The molecule has 194 valence electrons. The van der Waals surface area contributed by atoms with Crippen molar-refractivity contribution in [1.82, 2.24) is 9.78 Å². The second kappa shape index (κ2) is 11.0. The minimum Gasteiger partial charge on any atom is -0.407 e. The lowest BCUT2D eigenvalue weighted by molar-refractivity contribution is -0.132. The lowest BCUT2D eigenvalue weighted by atomic mass is 10.0. The van der Waals surface area contributed by atoms with E-state index in [9.17, 15) is 18.4 Å². The molecule has 6 nitrogen and oxygen atoms in total. The maximum atomic E-state index is 13.7. The molecule has 0 atom stereocenters. The van der Waals surface area contributed by atoms with Gasteiger partial charge in [0.1, 0.15) is 17.3 Å². The Morgan fingerprint density at radius 2 is 1.46 bits per heavy atom. The fourth-order valence-corrected chi connectivity index (χ4v) is 4.41. The van der Waals surface area contributed by atoms with Gasteiger partial charge >= 0.3 is 5.97 Å². The Bertz CT molecular complexity index is 1670. The maximum absolute atomic E-state index is 13.7. The van der Waals surface area contributed by atoms with E-state index in [1.165, 1.54) is 48.0 Å². The molecule has 0 saturated heterocycles. The maximum Gasteiger partial charge on any atom is 0.309 e. The molecule has 4 aromatic carbocycles. The number of esters is 1. The van der Waals surface area contributed by atoms with E-state index >= 15 is 0 Å². The van der Waals surface area contributed by atoms with E-state index in [2.05, 4.69) is 26.3 Å². The number of benzene rings is 4. The van der Waals surface area contributed by atoms with Gasteiger partial charge in [-0.25, -0.2) is 8.78 Å². The van der Waals surface area contributed by atoms with Gasteiger partial charge in [0, 0.05) is 28.2 Å². The van der Waals surface area contributed by atoms with Crippen molar-refractivity contribution in [1.29, 1.82) is 0 Å². The van der Waals surface area contributed by atoms with Crippen LogP contribution in [-0.2, 0) is 4.79 Å². The fraction of sp³-hybridized carbons (Fsp3) is 0.0333. The van der Waals surface area contributed by atoms with E-state index in [0.29, 0.717) is 39.3 Å². The van der Waals surface area contributed by atoms with Crippen LogP contribution in [0.15, 0.2) is 102 Å². The monoisotopic (exact) mass is 587 g/mol. The molecule has 0 radical (unpaired) electrons. The van der Waals surface area contributed by atoms with E-state index in [1.807, 2.05) is 6.07 Å². The van der Waals surface area contributed by atoms with Gasteiger partial charge in [0.2, 0.25) is 5.88 Å². The Kier molecular flexibility index (Phi) is 7.33. The standard InChI is InChI=1S/C30H20BrF2N3O3/c1-18(37)39-30-27(19-7-13-25(14-8-19)34-29(38)21-3-2-4-22(31)17-21)28(20-5-9-23(32)10-6-20)35-36(30)26-15-11-24(33)12-16-26/h2-17H,1H3,(H,34,38). The molecule has 1 amide bonds. The summed E-state index contributed by atoms with van der Waals surface area (Å²) in [6.45, 7) is 1.27. The molecular weight excluding hydrogens is 568 g/mol. The van der Waals surface area contributed by atoms with Crippen molar-refractivity contribution in [2.24, 2.45) is 0 Å². The molecular formula is C30H20BrF2N3O3. The van der Waals surface area contributed by atoms with Gasteiger partial charge in [-0.1, -0.05) is 34.1 Å². The zero-order chi connectivity index (χ0) is 27.5. The minimum absolute atomic E-state index is 0.111. The summed E-state index contributed by atoms with van der Waals surface area (Å²) in [4.78, 5) is 24.8. The van der Waals surface area contributed by atoms with Crippen LogP contribution in [0.2, 0.25) is 0 Å². The largest absolute Gasteiger partial charge is 0.407 e. The third-order valence-corrected chi connectivity index (χ3v) is 6.28. The number of halogens is 3. The summed E-state index contributed by atoms with van der Waals surface area (Å²) < 4.78 is 35.2. The first-order valence-electron chi connectivity index (χ1n) is 11.8. The predicted molar refractivity (Wildman–Crippen MR) is 148 cm³/mol. The molecule has 0 fully saturated rings. The molecule has 0 saturated carbocycles. The SMILES string of the molecule is CC(=O)Oc1c(-c2ccc(NC(=O)c3cccc(Br)c3)cc2)c(-c2ccc(F)cc2)nn1-c1ccc(F)cc1. The number of aromatic nitrogens is 2. The van der Waals surface area contributed by atoms with Crippen molar-refractivity contribution in [2.45, 2.75) is 6.92 Å². The van der Waals surface area contributed by atoms with E-state index in [4.69, 9.17) is 4.74 Å². The Morgan fingerprint density at radius 3 is 2.08 bits per heavy atom. The molecule has 1 N–H and O–H groups in total. The highest BCUT2D eigenvalue weighted by Gasteiger charge is 2.25. The number of carbonyl (C=O) groups excluding carboxylic acids is 2. The van der Waals surface area contributed by atoms with Crippen LogP contribution in [0.25, 0.3) is 28.1 Å². The normalized spacial score (nSPS) is 10.8. The van der Waals surface area contributed by atoms with Crippen LogP contribution < -0.4 is 10.1 Å². The molecule has 1 heterocycles. The van der Waals surface area contributed by atoms with Crippen molar-refractivity contribution in [3.8, 4) is 34.0 Å². The first-order valence-corrected chi connectivity index (χ1v) is 12.6. The van der Waals surface area contributed by atoms with Crippen LogP contribution in [0, 0.1) is 11.6 Å². The van der Waals surface area contributed by atoms with E-state index < -0.39 is 17.6 Å². The third-order valence-electron chi connectivity index (χ3n) is 5.79. The minimum atomic E-state index is -0.580. The van der Waals surface area contributed by atoms with E-state index in [1.54, 1.807) is 54.6 Å². The van der Waals surface area contributed by atoms with Gasteiger partial charge < -0.3 is 10.1 Å². The summed E-state index contributed by atoms with van der Waals surface area (Å²) in [5.74, 6) is -1.59. The summed E-state index contributed by atoms with van der Waals surface area (Å²) in [6, 6.07) is 25.3. The molecule has 0 unspecified atom stereocenters. The molecule has 39 heavy (non-hydrogen) atoms. The summed E-state index contributed by atoms with van der Waals surface area (Å²) in [7, 11) is 0. The van der Waals surface area contributed by atoms with Gasteiger partial charge in [-0.15, -0.1) is 0 Å². The van der Waals surface area contributed by atoms with Crippen LogP contribution in [0.3, 0.4) is 0 Å². The average Bonchev–Trinajstić information content (AvgIpc) is 3.28. The molecule has 5 rings (SSSR count). The zero-order valence-electron chi connectivity index (χ0n) is 20.5. The Morgan fingerprint density at radius 1 is 0.846 bits per heavy atom. The number of hydrogen-bond acceptors (Lipinski definition) is 4. The molecule has 0 aliphatic heterocycles. The van der Waals surface area contributed by atoms with E-state index in [0.717, 1.165) is 4.47 Å². The van der Waals surface area contributed by atoms with Crippen molar-refractivity contribution in [3.05, 3.63) is 119 Å². The fourth-order valence-electron chi connectivity index (χ4n) is 4.01. The summed E-state index contributed by atoms with van der Waals surface area (Å²) in [5.41, 5.74) is 3.58. The van der Waals surface area contributed by atoms with Crippen molar-refractivity contribution >= 4 is 33.5 Å². The number of nitrogens with zero attached hydrogens (tertiary/aromatic N) is 2. The number of carbonyl (C=O) groups is 2. The Balaban J connectivity index is 1.60. The highest BCUT2D eigenvalue weighted by molar-refractivity contribution is 9.10. The highest BCUT2D eigenvalue weighted by Crippen LogP contribution is 2.41. The van der Waals surface area contributed by atoms with Gasteiger partial charge in [0.15, 0.2) is 0 Å². The zero-order valence-corrected chi connectivity index (χ0v) is 22.1. The van der Waals surface area contributed by atoms with Crippen LogP contribution in [-0.4, -0.2) is 21.7 Å². The number of hydrogen-bond donors (Lipinski definition) is 1. The predicted octanol–water partition coefficient (Wildman–Crippen LogP) is 7.42. The Hall–Kier alpha value is -4.63. The molecule has 0 bridgehead atoms. The van der Waals surface area contributed by atoms with Gasteiger partial charge in [-0.2, -0.15) is 9.78 Å². The number of nitrogens with one attached hydrogen (secondary N) is 1. The second-order valence-corrected chi connectivity index (χ2v) is 9.48. The van der Waals surface area contributed by atoms with Gasteiger partial charge in [-0.05, 0) is 84.4 Å². The molecule has 9 heteroatoms. The van der Waals surface area contributed by atoms with Crippen LogP contribution in [0.5, 0.6) is 5.88 Å². The topological polar surface area (TPSA) is 73.2 Å². The first-order chi connectivity index (χ1) is 18.8. The average molecular weight is 588 g/mol. The molecule has 5 aromatic rings. The summed E-state index contributed by atoms with van der Waals surface area (Å²) in [6.07, 6.45) is 0. The van der Waals surface area contributed by atoms with Gasteiger partial charge in [0.25, 0.3) is 5.91 Å². The van der Waals surface area contributed by atoms with Gasteiger partial charge in [-0.3, -0.25) is 9.59 Å². The Labute approximate surface area is 231 Å². The van der Waals surface area contributed by atoms with Crippen LogP contribution in [0.1, 0.15) is 17.3 Å². The number of anilines is 1. The lowest BCUT2D eigenvalue weighted by Crippen LogP contribution is -2.11. The summed E-state index contributed by atoms with van der Waals surface area (Å²) in [5, 5.41) is 7.54. The quantitative estimate of drug-likeness (QED) is 0.210. The van der Waals surface area contributed by atoms with Gasteiger partial charge in [0.05, 0.1) is 11.3 Å². The smallest absolute Gasteiger partial charge is 0.309 e. The molecule has 0 spiro atoms. The molecule has 1 aromatic heterocycles. The van der Waals surface area contributed by atoms with Crippen molar-refractivity contribution in [3.63, 3.8) is 0 Å². The molecule has 0 aliphatic rings.